The number of carbonyl (C=O) groups is 1. The molecule has 2 aromatic rings. The second kappa shape index (κ2) is 6.71. The zero-order chi connectivity index (χ0) is 16.2. The number of benzene rings is 2. The maximum absolute atomic E-state index is 12.0. The van der Waals surface area contributed by atoms with Crippen LogP contribution in [0.4, 0.5) is 5.69 Å². The Morgan fingerprint density at radius 3 is 2.70 bits per heavy atom. The first-order chi connectivity index (χ1) is 11.2. The van der Waals surface area contributed by atoms with E-state index in [4.69, 9.17) is 9.47 Å². The maximum Gasteiger partial charge on any atom is 0.265 e. The molecule has 1 N–H and O–H groups in total. The molecule has 1 aliphatic heterocycles. The SMILES string of the molecule is CCN1C(=O)COc2c(OCc3ccccc3)cc(CO)cc21. The Labute approximate surface area is 135 Å². The Hall–Kier alpha value is -2.53. The molecular weight excluding hydrogens is 294 g/mol. The van der Waals surface area contributed by atoms with Crippen molar-refractivity contribution in [2.45, 2.75) is 20.1 Å². The average Bonchev–Trinajstić information content (AvgIpc) is 2.60. The van der Waals surface area contributed by atoms with E-state index in [1.54, 1.807) is 17.0 Å². The normalized spacial score (nSPS) is 13.5. The highest BCUT2D eigenvalue weighted by Gasteiger charge is 2.27. The summed E-state index contributed by atoms with van der Waals surface area (Å²) < 4.78 is 11.5. The lowest BCUT2D eigenvalue weighted by atomic mass is 10.1. The molecule has 0 unspecified atom stereocenters. The summed E-state index contributed by atoms with van der Waals surface area (Å²) in [5.41, 5.74) is 2.37. The summed E-state index contributed by atoms with van der Waals surface area (Å²) in [6.07, 6.45) is 0. The van der Waals surface area contributed by atoms with E-state index in [0.29, 0.717) is 35.9 Å². The Morgan fingerprint density at radius 2 is 2.00 bits per heavy atom. The van der Waals surface area contributed by atoms with Crippen molar-refractivity contribution in [1.82, 2.24) is 0 Å². The third kappa shape index (κ3) is 3.14. The number of nitrogens with zero attached hydrogens (tertiary/aromatic N) is 1. The van der Waals surface area contributed by atoms with Gasteiger partial charge in [0, 0.05) is 6.54 Å². The van der Waals surface area contributed by atoms with Crippen molar-refractivity contribution in [2.75, 3.05) is 18.1 Å². The van der Waals surface area contributed by atoms with Crippen LogP contribution in [0.2, 0.25) is 0 Å². The van der Waals surface area contributed by atoms with Gasteiger partial charge in [0.15, 0.2) is 18.1 Å². The van der Waals surface area contributed by atoms with Crippen molar-refractivity contribution in [3.05, 3.63) is 53.6 Å². The number of hydrogen-bond acceptors (Lipinski definition) is 4. The number of hydrogen-bond donors (Lipinski definition) is 1. The molecule has 0 spiro atoms. The molecule has 1 aliphatic rings. The van der Waals surface area contributed by atoms with E-state index in [1.807, 2.05) is 37.3 Å². The predicted octanol–water partition coefficient (Wildman–Crippen LogP) is 2.50. The summed E-state index contributed by atoms with van der Waals surface area (Å²) in [5, 5.41) is 9.47. The van der Waals surface area contributed by atoms with Crippen LogP contribution in [0.1, 0.15) is 18.1 Å². The van der Waals surface area contributed by atoms with Gasteiger partial charge in [-0.05, 0) is 30.2 Å². The number of ether oxygens (including phenoxy) is 2. The van der Waals surface area contributed by atoms with Crippen molar-refractivity contribution in [3.8, 4) is 11.5 Å². The molecule has 0 saturated carbocycles. The highest BCUT2D eigenvalue weighted by Crippen LogP contribution is 2.41. The number of anilines is 1. The van der Waals surface area contributed by atoms with E-state index in [2.05, 4.69) is 0 Å². The Kier molecular flexibility index (Phi) is 4.48. The molecule has 1 amide bonds. The van der Waals surface area contributed by atoms with Gasteiger partial charge in [0.25, 0.3) is 5.91 Å². The van der Waals surface area contributed by atoms with Crippen LogP contribution in [0.5, 0.6) is 11.5 Å². The topological polar surface area (TPSA) is 59.0 Å². The standard InChI is InChI=1S/C18H19NO4/c1-2-19-15-8-14(10-20)9-16(18(15)23-12-17(19)21)22-11-13-6-4-3-5-7-13/h3-9,20H,2,10-12H2,1H3. The summed E-state index contributed by atoms with van der Waals surface area (Å²) in [6, 6.07) is 13.3. The molecule has 0 fully saturated rings. The molecule has 0 aliphatic carbocycles. The summed E-state index contributed by atoms with van der Waals surface area (Å²) in [4.78, 5) is 13.6. The quantitative estimate of drug-likeness (QED) is 0.921. The van der Waals surface area contributed by atoms with Gasteiger partial charge in [0.2, 0.25) is 0 Å². The van der Waals surface area contributed by atoms with E-state index in [-0.39, 0.29) is 19.1 Å². The van der Waals surface area contributed by atoms with Crippen LogP contribution in [-0.2, 0) is 18.0 Å². The minimum atomic E-state index is -0.124. The molecule has 0 atom stereocenters. The van der Waals surface area contributed by atoms with Crippen LogP contribution in [0.25, 0.3) is 0 Å². The van der Waals surface area contributed by atoms with Gasteiger partial charge >= 0.3 is 0 Å². The number of likely N-dealkylation sites (N-methyl/N-ethyl adjacent to an activating group) is 1. The molecule has 5 heteroatoms. The molecule has 120 valence electrons. The number of carbonyl (C=O) groups excluding carboxylic acids is 1. The van der Waals surface area contributed by atoms with Crippen molar-refractivity contribution >= 4 is 11.6 Å². The van der Waals surface area contributed by atoms with Gasteiger partial charge in [-0.3, -0.25) is 4.79 Å². The van der Waals surface area contributed by atoms with Crippen LogP contribution in [-0.4, -0.2) is 24.2 Å². The van der Waals surface area contributed by atoms with Crippen molar-refractivity contribution in [2.24, 2.45) is 0 Å². The third-order valence-electron chi connectivity index (χ3n) is 3.76. The van der Waals surface area contributed by atoms with E-state index in [9.17, 15) is 9.90 Å². The number of rotatable bonds is 5. The van der Waals surface area contributed by atoms with Gasteiger partial charge in [-0.15, -0.1) is 0 Å². The first kappa shape index (κ1) is 15.4. The van der Waals surface area contributed by atoms with E-state index < -0.39 is 0 Å². The molecule has 5 nitrogen and oxygen atoms in total. The van der Waals surface area contributed by atoms with Crippen molar-refractivity contribution in [1.29, 1.82) is 0 Å². The van der Waals surface area contributed by atoms with Crippen LogP contribution < -0.4 is 14.4 Å². The van der Waals surface area contributed by atoms with E-state index in [0.717, 1.165) is 5.56 Å². The zero-order valence-electron chi connectivity index (χ0n) is 13.0. The first-order valence-electron chi connectivity index (χ1n) is 7.60. The molecule has 3 rings (SSSR count). The molecule has 2 aromatic carbocycles. The largest absolute Gasteiger partial charge is 0.485 e. The Balaban J connectivity index is 1.93. The molecule has 0 saturated heterocycles. The number of amides is 1. The number of fused-ring (bicyclic) bond motifs is 1. The van der Waals surface area contributed by atoms with Gasteiger partial charge in [-0.25, -0.2) is 0 Å². The van der Waals surface area contributed by atoms with Crippen LogP contribution in [0.3, 0.4) is 0 Å². The smallest absolute Gasteiger partial charge is 0.265 e. The highest BCUT2D eigenvalue weighted by molar-refractivity contribution is 5.98. The molecule has 0 aromatic heterocycles. The maximum atomic E-state index is 12.0. The average molecular weight is 313 g/mol. The van der Waals surface area contributed by atoms with Crippen molar-refractivity contribution < 1.29 is 19.4 Å². The van der Waals surface area contributed by atoms with Gasteiger partial charge < -0.3 is 19.5 Å². The lowest BCUT2D eigenvalue weighted by Gasteiger charge is -2.30. The Morgan fingerprint density at radius 1 is 1.22 bits per heavy atom. The van der Waals surface area contributed by atoms with Gasteiger partial charge in [0.05, 0.1) is 12.3 Å². The second-order valence-corrected chi connectivity index (χ2v) is 5.30. The fraction of sp³-hybridized carbons (Fsp3) is 0.278. The predicted molar refractivity (Wildman–Crippen MR) is 86.7 cm³/mol. The van der Waals surface area contributed by atoms with Crippen LogP contribution >= 0.6 is 0 Å². The molecular formula is C18H19NO4. The van der Waals surface area contributed by atoms with Gasteiger partial charge in [-0.1, -0.05) is 30.3 Å². The van der Waals surface area contributed by atoms with Crippen molar-refractivity contribution in [3.63, 3.8) is 0 Å². The highest BCUT2D eigenvalue weighted by atomic mass is 16.5. The lowest BCUT2D eigenvalue weighted by molar-refractivity contribution is -0.121. The Bertz CT molecular complexity index is 700. The number of aliphatic hydroxyl groups is 1. The van der Waals surface area contributed by atoms with Crippen LogP contribution in [0.15, 0.2) is 42.5 Å². The fourth-order valence-electron chi connectivity index (χ4n) is 2.62. The molecule has 1 heterocycles. The minimum absolute atomic E-state index is 0.00100. The first-order valence-corrected chi connectivity index (χ1v) is 7.60. The summed E-state index contributed by atoms with van der Waals surface area (Å²) in [7, 11) is 0. The summed E-state index contributed by atoms with van der Waals surface area (Å²) in [5.74, 6) is 1.00. The van der Waals surface area contributed by atoms with E-state index in [1.165, 1.54) is 0 Å². The minimum Gasteiger partial charge on any atom is -0.485 e. The lowest BCUT2D eigenvalue weighted by Crippen LogP contribution is -2.38. The van der Waals surface area contributed by atoms with Gasteiger partial charge in [-0.2, -0.15) is 0 Å². The second-order valence-electron chi connectivity index (χ2n) is 5.30. The third-order valence-corrected chi connectivity index (χ3v) is 3.76. The number of aliphatic hydroxyl groups excluding tert-OH is 1. The van der Waals surface area contributed by atoms with E-state index >= 15 is 0 Å². The molecule has 0 bridgehead atoms. The zero-order valence-corrected chi connectivity index (χ0v) is 13.0. The van der Waals surface area contributed by atoms with Crippen LogP contribution in [0, 0.1) is 0 Å². The molecule has 23 heavy (non-hydrogen) atoms. The monoisotopic (exact) mass is 313 g/mol. The van der Waals surface area contributed by atoms with Gasteiger partial charge in [0.1, 0.15) is 6.61 Å². The summed E-state index contributed by atoms with van der Waals surface area (Å²) in [6.45, 7) is 2.72. The molecule has 0 radical (unpaired) electrons. The summed E-state index contributed by atoms with van der Waals surface area (Å²) >= 11 is 0. The fourth-order valence-corrected chi connectivity index (χ4v) is 2.62.